The minimum Gasteiger partial charge on any atom is -0.286 e. The van der Waals surface area contributed by atoms with Gasteiger partial charge in [0.2, 0.25) is 0 Å². The van der Waals surface area contributed by atoms with Crippen molar-refractivity contribution in [2.24, 2.45) is 0 Å². The maximum atomic E-state index is 11.2. The van der Waals surface area contributed by atoms with Crippen LogP contribution < -0.4 is 0 Å². The first-order chi connectivity index (χ1) is 6.66. The Balaban J connectivity index is 4.07. The van der Waals surface area contributed by atoms with Gasteiger partial charge < -0.3 is 0 Å². The van der Waals surface area contributed by atoms with E-state index < -0.39 is 37.8 Å². The van der Waals surface area contributed by atoms with Gasteiger partial charge in [-0.25, -0.2) is 0 Å². The van der Waals surface area contributed by atoms with E-state index in [4.69, 9.17) is 8.74 Å². The molecule has 1 atom stereocenters. The van der Waals surface area contributed by atoms with Crippen LogP contribution in [-0.4, -0.2) is 39.0 Å². The first-order valence-corrected chi connectivity index (χ1v) is 7.71. The van der Waals surface area contributed by atoms with E-state index in [1.165, 1.54) is 0 Å². The van der Waals surface area contributed by atoms with Gasteiger partial charge in [0.25, 0.3) is 20.2 Å². The molecule has 0 aromatic heterocycles. The summed E-state index contributed by atoms with van der Waals surface area (Å²) >= 11 is 0. The second-order valence-corrected chi connectivity index (χ2v) is 6.50. The van der Waals surface area contributed by atoms with E-state index >= 15 is 0 Å². The molecule has 0 fully saturated rings. The van der Waals surface area contributed by atoms with E-state index in [0.29, 0.717) is 6.42 Å². The zero-order valence-corrected chi connectivity index (χ0v) is 10.3. The molecule has 0 aromatic rings. The van der Waals surface area contributed by atoms with Crippen molar-refractivity contribution >= 4 is 20.2 Å². The van der Waals surface area contributed by atoms with Gasteiger partial charge in [-0.15, -0.1) is 0 Å². The largest absolute Gasteiger partial charge is 0.286 e. The molecule has 0 rings (SSSR count). The fourth-order valence-corrected chi connectivity index (χ4v) is 2.71. The third-order valence-electron chi connectivity index (χ3n) is 1.68. The van der Waals surface area contributed by atoms with Crippen molar-refractivity contribution in [3.05, 3.63) is 0 Å². The minimum absolute atomic E-state index is 0.169. The van der Waals surface area contributed by atoms with Crippen LogP contribution in [-0.2, 0) is 24.4 Å². The van der Waals surface area contributed by atoms with Gasteiger partial charge in [0.05, 0.1) is 17.6 Å². The Morgan fingerprint density at radius 2 is 1.73 bits per heavy atom. The van der Waals surface area contributed by atoms with Crippen LogP contribution in [0.2, 0.25) is 0 Å². The predicted octanol–water partition coefficient (Wildman–Crippen LogP) is 0.409. The molecule has 0 aliphatic heterocycles. The molecule has 8 heteroatoms. The van der Waals surface area contributed by atoms with Gasteiger partial charge in [0.1, 0.15) is 0 Å². The zero-order chi connectivity index (χ0) is 12.1. The summed E-state index contributed by atoms with van der Waals surface area (Å²) in [6, 6.07) is 0. The summed E-state index contributed by atoms with van der Waals surface area (Å²) in [7, 11) is -7.79. The Hall–Kier alpha value is -0.180. The molecule has 0 aliphatic rings. The van der Waals surface area contributed by atoms with E-state index in [1.807, 2.05) is 0 Å². The minimum atomic E-state index is -4.10. The van der Waals surface area contributed by atoms with Crippen LogP contribution in [0.4, 0.5) is 0 Å². The van der Waals surface area contributed by atoms with Crippen LogP contribution in [0, 0.1) is 0 Å². The molecule has 0 radical (unpaired) electrons. The molecule has 0 aliphatic carbocycles. The third-order valence-corrected chi connectivity index (χ3v) is 3.90. The highest BCUT2D eigenvalue weighted by molar-refractivity contribution is 7.87. The van der Waals surface area contributed by atoms with Gasteiger partial charge in [0.15, 0.2) is 0 Å². The van der Waals surface area contributed by atoms with Crippen molar-refractivity contribution in [1.82, 2.24) is 0 Å². The fraction of sp³-hybridized carbons (Fsp3) is 1.00. The predicted molar refractivity (Wildman–Crippen MR) is 55.7 cm³/mol. The Labute approximate surface area is 90.5 Å². The van der Waals surface area contributed by atoms with Crippen LogP contribution in [0.15, 0.2) is 0 Å². The van der Waals surface area contributed by atoms with E-state index in [9.17, 15) is 16.8 Å². The van der Waals surface area contributed by atoms with Crippen molar-refractivity contribution in [3.8, 4) is 0 Å². The molecule has 0 saturated carbocycles. The van der Waals surface area contributed by atoms with Crippen molar-refractivity contribution < 1.29 is 25.6 Å². The molecule has 0 bridgehead atoms. The second kappa shape index (κ2) is 5.78. The Morgan fingerprint density at radius 1 is 1.20 bits per heavy atom. The smallest absolute Gasteiger partial charge is 0.267 e. The van der Waals surface area contributed by atoms with Crippen LogP contribution in [0.5, 0.6) is 0 Å². The van der Waals surface area contributed by atoms with Crippen molar-refractivity contribution in [1.29, 1.82) is 0 Å². The Morgan fingerprint density at radius 3 is 2.13 bits per heavy atom. The van der Waals surface area contributed by atoms with Gasteiger partial charge in [-0.3, -0.25) is 8.74 Å². The van der Waals surface area contributed by atoms with E-state index in [2.05, 4.69) is 0 Å². The molecule has 0 saturated heterocycles. The number of hydrogen-bond acceptors (Lipinski definition) is 5. The monoisotopic (exact) mass is 260 g/mol. The van der Waals surface area contributed by atoms with Crippen LogP contribution in [0.1, 0.15) is 26.7 Å². The van der Waals surface area contributed by atoms with Crippen LogP contribution in [0.3, 0.4) is 0 Å². The molecule has 0 heterocycles. The van der Waals surface area contributed by atoms with Crippen LogP contribution >= 0.6 is 0 Å². The molecule has 1 unspecified atom stereocenters. The van der Waals surface area contributed by atoms with Crippen molar-refractivity contribution in [2.45, 2.75) is 32.8 Å². The quantitative estimate of drug-likeness (QED) is 0.526. The number of hydrogen-bond donors (Lipinski definition) is 1. The first-order valence-electron chi connectivity index (χ1n) is 4.52. The molecule has 0 amide bonds. The molecule has 0 spiro atoms. The normalized spacial score (nSPS) is 15.1. The lowest BCUT2D eigenvalue weighted by Gasteiger charge is -2.09. The third kappa shape index (κ3) is 8.79. The molecule has 0 aromatic carbocycles. The second-order valence-electron chi connectivity index (χ2n) is 3.22. The lowest BCUT2D eigenvalue weighted by molar-refractivity contribution is 0.224. The standard InChI is InChI=1S/C7H16O6S2/c1-3-7(2)13-15(11,12)6-4-5-14(8,9)10/h7H,3-6H2,1-2H3,(H,8,9,10). The molecule has 6 nitrogen and oxygen atoms in total. The summed E-state index contributed by atoms with van der Waals surface area (Å²) in [5.41, 5.74) is 0. The highest BCUT2D eigenvalue weighted by Gasteiger charge is 2.16. The molecular weight excluding hydrogens is 244 g/mol. The van der Waals surface area contributed by atoms with E-state index in [0.717, 1.165) is 0 Å². The molecule has 1 N–H and O–H groups in total. The van der Waals surface area contributed by atoms with Crippen molar-refractivity contribution in [3.63, 3.8) is 0 Å². The van der Waals surface area contributed by atoms with Gasteiger partial charge in [-0.2, -0.15) is 16.8 Å². The molecule has 92 valence electrons. The fourth-order valence-electron chi connectivity index (χ4n) is 0.785. The van der Waals surface area contributed by atoms with Crippen molar-refractivity contribution in [2.75, 3.05) is 11.5 Å². The average Bonchev–Trinajstić information content (AvgIpc) is 2.00. The first kappa shape index (κ1) is 14.8. The van der Waals surface area contributed by atoms with Gasteiger partial charge in [0, 0.05) is 0 Å². The zero-order valence-electron chi connectivity index (χ0n) is 8.71. The van der Waals surface area contributed by atoms with Gasteiger partial charge in [-0.1, -0.05) is 6.92 Å². The Bertz CT molecular complexity index is 368. The average molecular weight is 260 g/mol. The molecular formula is C7H16O6S2. The highest BCUT2D eigenvalue weighted by Crippen LogP contribution is 2.05. The van der Waals surface area contributed by atoms with Gasteiger partial charge in [-0.05, 0) is 19.8 Å². The number of rotatable bonds is 7. The summed E-state index contributed by atoms with van der Waals surface area (Å²) in [4.78, 5) is 0. The summed E-state index contributed by atoms with van der Waals surface area (Å²) in [6.07, 6.45) is -0.0319. The Kier molecular flexibility index (Phi) is 5.71. The maximum Gasteiger partial charge on any atom is 0.267 e. The van der Waals surface area contributed by atoms with Gasteiger partial charge >= 0.3 is 0 Å². The lowest BCUT2D eigenvalue weighted by Crippen LogP contribution is -2.19. The maximum absolute atomic E-state index is 11.2. The van der Waals surface area contributed by atoms with E-state index in [1.54, 1.807) is 13.8 Å². The van der Waals surface area contributed by atoms with Crippen LogP contribution in [0.25, 0.3) is 0 Å². The van der Waals surface area contributed by atoms with E-state index in [-0.39, 0.29) is 6.42 Å². The summed E-state index contributed by atoms with van der Waals surface area (Å²) < 4.78 is 56.1. The summed E-state index contributed by atoms with van der Waals surface area (Å²) in [5.74, 6) is -0.979. The lowest BCUT2D eigenvalue weighted by atomic mass is 10.3. The summed E-state index contributed by atoms with van der Waals surface area (Å²) in [5, 5.41) is 0. The highest BCUT2D eigenvalue weighted by atomic mass is 32.2. The molecule has 15 heavy (non-hydrogen) atoms. The summed E-state index contributed by atoms with van der Waals surface area (Å²) in [6.45, 7) is 3.39. The topological polar surface area (TPSA) is 97.7 Å². The SMILES string of the molecule is CCC(C)OS(=O)(=O)CCCS(=O)(=O)O.